The monoisotopic (exact) mass is 356 g/mol. The van der Waals surface area contributed by atoms with Gasteiger partial charge in [0.2, 0.25) is 0 Å². The lowest BCUT2D eigenvalue weighted by Crippen LogP contribution is -2.51. The maximum atomic E-state index is 5.58. The Labute approximate surface area is 158 Å². The molecule has 2 nitrogen and oxygen atoms in total. The van der Waals surface area contributed by atoms with Crippen molar-refractivity contribution in [3.05, 3.63) is 29.8 Å². The van der Waals surface area contributed by atoms with Gasteiger partial charge < -0.3 is 10.6 Å². The highest BCUT2D eigenvalue weighted by atomic mass is 32.1. The molecule has 25 heavy (non-hydrogen) atoms. The molecule has 0 spiro atoms. The highest BCUT2D eigenvalue weighted by Gasteiger charge is 2.50. The molecule has 136 valence electrons. The summed E-state index contributed by atoms with van der Waals surface area (Å²) in [7, 11) is 0. The average molecular weight is 357 g/mol. The van der Waals surface area contributed by atoms with Crippen molar-refractivity contribution in [2.75, 3.05) is 11.9 Å². The smallest absolute Gasteiger partial charge is 0.170 e. The number of thiocarbonyl (C=S) groups is 1. The molecule has 1 atom stereocenters. The molecule has 0 unspecified atom stereocenters. The molecule has 0 aromatic heterocycles. The van der Waals surface area contributed by atoms with Crippen LogP contribution in [0.3, 0.4) is 0 Å². The first-order chi connectivity index (χ1) is 12.0. The van der Waals surface area contributed by atoms with E-state index < -0.39 is 0 Å². The first kappa shape index (κ1) is 17.3. The first-order valence-electron chi connectivity index (χ1n) is 10.2. The van der Waals surface area contributed by atoms with Gasteiger partial charge in [0, 0.05) is 12.2 Å². The average Bonchev–Trinajstić information content (AvgIpc) is 2.59. The number of hydrogen-bond donors (Lipinski definition) is 2. The summed E-state index contributed by atoms with van der Waals surface area (Å²) in [6.07, 6.45) is 9.98. The Morgan fingerprint density at radius 3 is 2.16 bits per heavy atom. The summed E-state index contributed by atoms with van der Waals surface area (Å²) in [5, 5.41) is 7.72. The fourth-order valence-electron chi connectivity index (χ4n) is 6.08. The number of benzene rings is 1. The third-order valence-corrected chi connectivity index (χ3v) is 7.39. The second kappa shape index (κ2) is 6.90. The molecule has 3 heteroatoms. The zero-order valence-corrected chi connectivity index (χ0v) is 16.5. The highest BCUT2D eigenvalue weighted by Crippen LogP contribution is 2.59. The molecule has 4 aliphatic rings. The minimum Gasteiger partial charge on any atom is -0.362 e. The number of hydrogen-bond acceptors (Lipinski definition) is 1. The van der Waals surface area contributed by atoms with Crippen molar-refractivity contribution in [2.45, 2.75) is 64.7 Å². The maximum Gasteiger partial charge on any atom is 0.170 e. The van der Waals surface area contributed by atoms with Crippen LogP contribution >= 0.6 is 12.2 Å². The van der Waals surface area contributed by atoms with Crippen molar-refractivity contribution in [3.63, 3.8) is 0 Å². The van der Waals surface area contributed by atoms with Gasteiger partial charge in [0.1, 0.15) is 0 Å². The molecule has 0 amide bonds. The Morgan fingerprint density at radius 2 is 1.64 bits per heavy atom. The van der Waals surface area contributed by atoms with Crippen LogP contribution in [0.4, 0.5) is 5.69 Å². The maximum absolute atomic E-state index is 5.58. The van der Waals surface area contributed by atoms with Crippen molar-refractivity contribution in [2.24, 2.45) is 23.2 Å². The zero-order valence-electron chi connectivity index (χ0n) is 15.7. The van der Waals surface area contributed by atoms with Crippen molar-refractivity contribution in [3.8, 4) is 0 Å². The molecule has 4 bridgehead atoms. The lowest BCUT2D eigenvalue weighted by Gasteiger charge is -2.57. The summed E-state index contributed by atoms with van der Waals surface area (Å²) in [5.74, 6) is 3.63. The lowest BCUT2D eigenvalue weighted by molar-refractivity contribution is -0.0490. The fraction of sp³-hybridized carbons (Fsp3) is 0.682. The predicted octanol–water partition coefficient (Wildman–Crippen LogP) is 5.70. The van der Waals surface area contributed by atoms with Crippen molar-refractivity contribution in [1.82, 2.24) is 5.32 Å². The minimum atomic E-state index is 0.529. The van der Waals surface area contributed by atoms with Gasteiger partial charge in [-0.3, -0.25) is 0 Å². The summed E-state index contributed by atoms with van der Waals surface area (Å²) in [6.45, 7) is 5.58. The summed E-state index contributed by atoms with van der Waals surface area (Å²) in [4.78, 5) is 0. The van der Waals surface area contributed by atoms with Gasteiger partial charge in [0.15, 0.2) is 5.11 Å². The molecule has 4 fully saturated rings. The minimum absolute atomic E-state index is 0.529. The third kappa shape index (κ3) is 3.72. The Bertz CT molecular complexity index is 586. The number of rotatable bonds is 5. The van der Waals surface area contributed by atoms with Crippen LogP contribution in [0.15, 0.2) is 24.3 Å². The van der Waals surface area contributed by atoms with Crippen LogP contribution in [0.1, 0.15) is 70.3 Å². The van der Waals surface area contributed by atoms with Gasteiger partial charge in [-0.1, -0.05) is 26.0 Å². The number of nitrogens with one attached hydrogen (secondary N) is 2. The largest absolute Gasteiger partial charge is 0.362 e. The van der Waals surface area contributed by atoms with Gasteiger partial charge in [0.05, 0.1) is 0 Å². The van der Waals surface area contributed by atoms with Crippen LogP contribution in [-0.4, -0.2) is 11.7 Å². The zero-order chi connectivity index (χ0) is 17.4. The molecule has 0 aliphatic heterocycles. The van der Waals surface area contributed by atoms with E-state index in [2.05, 4.69) is 48.7 Å². The highest BCUT2D eigenvalue weighted by molar-refractivity contribution is 7.80. The van der Waals surface area contributed by atoms with Gasteiger partial charge in [-0.15, -0.1) is 0 Å². The molecule has 0 saturated heterocycles. The second-order valence-electron chi connectivity index (χ2n) is 9.16. The molecule has 1 aromatic rings. The predicted molar refractivity (Wildman–Crippen MR) is 110 cm³/mol. The van der Waals surface area contributed by atoms with Crippen LogP contribution in [0.5, 0.6) is 0 Å². The van der Waals surface area contributed by atoms with Gasteiger partial charge >= 0.3 is 0 Å². The molecule has 4 aliphatic carbocycles. The van der Waals surface area contributed by atoms with Crippen molar-refractivity contribution < 1.29 is 0 Å². The molecular weight excluding hydrogens is 324 g/mol. The van der Waals surface area contributed by atoms with E-state index in [0.717, 1.165) is 35.1 Å². The van der Waals surface area contributed by atoms with Crippen LogP contribution in [0.25, 0.3) is 0 Å². The third-order valence-electron chi connectivity index (χ3n) is 7.14. The number of anilines is 1. The molecule has 0 radical (unpaired) electrons. The lowest BCUT2D eigenvalue weighted by atomic mass is 9.49. The molecule has 0 heterocycles. The van der Waals surface area contributed by atoms with E-state index in [1.807, 2.05) is 0 Å². The van der Waals surface area contributed by atoms with Gasteiger partial charge in [0.25, 0.3) is 0 Å². The SMILES string of the molecule is CC[C@H](C)c1ccc(NC(=S)NCC23CC4CC(CC(C4)C2)C3)cc1. The first-order valence-corrected chi connectivity index (χ1v) is 10.6. The standard InChI is InChI=1S/C22H32N2S/c1-3-15(2)19-4-6-20(7-5-19)24-21(25)23-14-22-11-16-8-17(12-22)10-18(9-16)13-22/h4-7,15-18H,3,8-14H2,1-2H3,(H2,23,24,25)/t15-,16?,17?,18?,22?/m0/s1. The molecule has 1 aromatic carbocycles. The summed E-state index contributed by atoms with van der Waals surface area (Å²) < 4.78 is 0. The van der Waals surface area contributed by atoms with E-state index in [0.29, 0.717) is 11.3 Å². The Hall–Kier alpha value is -1.09. The normalized spacial score (nSPS) is 33.9. The van der Waals surface area contributed by atoms with Crippen LogP contribution < -0.4 is 10.6 Å². The Morgan fingerprint density at radius 1 is 1.08 bits per heavy atom. The second-order valence-corrected chi connectivity index (χ2v) is 9.56. The fourth-order valence-corrected chi connectivity index (χ4v) is 6.27. The summed E-state index contributed by atoms with van der Waals surface area (Å²) in [5.41, 5.74) is 3.02. The van der Waals surface area contributed by atoms with E-state index in [1.54, 1.807) is 0 Å². The summed E-state index contributed by atoms with van der Waals surface area (Å²) in [6, 6.07) is 8.75. The molecule has 4 saturated carbocycles. The van der Waals surface area contributed by atoms with E-state index in [1.165, 1.54) is 50.5 Å². The van der Waals surface area contributed by atoms with Crippen LogP contribution in [0.2, 0.25) is 0 Å². The quantitative estimate of drug-likeness (QED) is 0.661. The summed E-state index contributed by atoms with van der Waals surface area (Å²) >= 11 is 5.58. The van der Waals surface area contributed by atoms with Gasteiger partial charge in [-0.2, -0.15) is 0 Å². The van der Waals surface area contributed by atoms with E-state index >= 15 is 0 Å². The van der Waals surface area contributed by atoms with E-state index in [9.17, 15) is 0 Å². The van der Waals surface area contributed by atoms with E-state index in [-0.39, 0.29) is 0 Å². The Balaban J connectivity index is 1.31. The van der Waals surface area contributed by atoms with Crippen molar-refractivity contribution >= 4 is 23.0 Å². The van der Waals surface area contributed by atoms with E-state index in [4.69, 9.17) is 12.2 Å². The molecule has 2 N–H and O–H groups in total. The van der Waals surface area contributed by atoms with Gasteiger partial charge in [-0.05, 0) is 104 Å². The van der Waals surface area contributed by atoms with Gasteiger partial charge in [-0.25, -0.2) is 0 Å². The van der Waals surface area contributed by atoms with Crippen molar-refractivity contribution in [1.29, 1.82) is 0 Å². The molecular formula is C22H32N2S. The topological polar surface area (TPSA) is 24.1 Å². The van der Waals surface area contributed by atoms with Crippen LogP contribution in [0, 0.1) is 23.2 Å². The van der Waals surface area contributed by atoms with Crippen LogP contribution in [-0.2, 0) is 0 Å². The Kier molecular flexibility index (Phi) is 4.79. The molecule has 5 rings (SSSR count).